The first-order valence-electron chi connectivity index (χ1n) is 22.9. The summed E-state index contributed by atoms with van der Waals surface area (Å²) >= 11 is 0. The first kappa shape index (κ1) is 38.5. The SMILES string of the molecule is c1ccc(-c2ccc(-c3ccc(N(c4ccc(-c5ccc(-n6c7ccccc7c7ccccc76)cc5)cc4)c4ccc(-c5ccc6c(c5)oc5ccccc56)c5ccccc45)cc3)cc2)cc1. The number of para-hydroxylation sites is 3. The minimum atomic E-state index is 0.893. The van der Waals surface area contributed by atoms with E-state index in [0.717, 1.165) is 66.8 Å². The highest BCUT2D eigenvalue weighted by atomic mass is 16.3. The Morgan fingerprint density at radius 1 is 0.284 bits per heavy atom. The third-order valence-electron chi connectivity index (χ3n) is 13.4. The average Bonchev–Trinajstić information content (AvgIpc) is 3.95. The normalized spacial score (nSPS) is 11.6. The summed E-state index contributed by atoms with van der Waals surface area (Å²) in [5.41, 5.74) is 18.0. The average molecular weight is 855 g/mol. The van der Waals surface area contributed by atoms with Crippen molar-refractivity contribution in [1.82, 2.24) is 4.57 Å². The minimum absolute atomic E-state index is 0.893. The van der Waals surface area contributed by atoms with Crippen molar-refractivity contribution in [1.29, 1.82) is 0 Å². The number of aromatic nitrogens is 1. The molecule has 0 fully saturated rings. The number of rotatable bonds is 8. The van der Waals surface area contributed by atoms with Crippen LogP contribution < -0.4 is 4.90 Å². The van der Waals surface area contributed by atoms with Crippen LogP contribution >= 0.6 is 0 Å². The molecule has 0 amide bonds. The van der Waals surface area contributed by atoms with E-state index in [9.17, 15) is 0 Å². The van der Waals surface area contributed by atoms with E-state index in [-0.39, 0.29) is 0 Å². The van der Waals surface area contributed by atoms with Crippen LogP contribution in [0.5, 0.6) is 0 Å². The smallest absolute Gasteiger partial charge is 0.136 e. The zero-order valence-corrected chi connectivity index (χ0v) is 36.6. The summed E-state index contributed by atoms with van der Waals surface area (Å²) in [7, 11) is 0. The molecule has 314 valence electrons. The fourth-order valence-corrected chi connectivity index (χ4v) is 10.1. The second kappa shape index (κ2) is 16.0. The van der Waals surface area contributed by atoms with Gasteiger partial charge in [-0.15, -0.1) is 0 Å². The number of hydrogen-bond donors (Lipinski definition) is 0. The van der Waals surface area contributed by atoms with Gasteiger partial charge in [0, 0.05) is 44.0 Å². The molecule has 0 unspecified atom stereocenters. The molecule has 0 bridgehead atoms. The standard InChI is InChI=1S/C64H42N2O/c1-2-12-43(13-3-1)44-22-24-45(25-23-44)46-26-33-50(34-27-46)65(62-41-40-53(54-14-4-5-15-55(54)62)49-32-39-59-58-18-8-11-21-63(58)67-64(59)42-49)51-35-28-47(29-36-51)48-30-37-52(38-31-48)66-60-19-9-6-16-56(60)57-17-7-10-20-61(57)66/h1-42H. The largest absolute Gasteiger partial charge is 0.456 e. The van der Waals surface area contributed by atoms with Gasteiger partial charge in [-0.25, -0.2) is 0 Å². The molecule has 0 aliphatic carbocycles. The highest BCUT2D eigenvalue weighted by molar-refractivity contribution is 6.11. The Balaban J connectivity index is 0.887. The Morgan fingerprint density at radius 3 is 1.31 bits per heavy atom. The van der Waals surface area contributed by atoms with Gasteiger partial charge in [0.1, 0.15) is 11.2 Å². The van der Waals surface area contributed by atoms with Gasteiger partial charge in [-0.05, 0) is 123 Å². The van der Waals surface area contributed by atoms with Crippen LogP contribution in [0.3, 0.4) is 0 Å². The second-order valence-electron chi connectivity index (χ2n) is 17.3. The van der Waals surface area contributed by atoms with Crippen molar-refractivity contribution >= 4 is 71.6 Å². The van der Waals surface area contributed by atoms with E-state index in [0.29, 0.717) is 0 Å². The van der Waals surface area contributed by atoms with Gasteiger partial charge in [0.15, 0.2) is 0 Å². The molecule has 67 heavy (non-hydrogen) atoms. The highest BCUT2D eigenvalue weighted by Crippen LogP contribution is 2.44. The van der Waals surface area contributed by atoms with Crippen LogP contribution in [0.15, 0.2) is 259 Å². The Labute approximate surface area is 388 Å². The van der Waals surface area contributed by atoms with E-state index in [1.54, 1.807) is 0 Å². The number of anilines is 3. The Morgan fingerprint density at radius 2 is 0.716 bits per heavy atom. The number of hydrogen-bond acceptors (Lipinski definition) is 2. The van der Waals surface area contributed by atoms with E-state index in [1.807, 2.05) is 12.1 Å². The summed E-state index contributed by atoms with van der Waals surface area (Å²) in [5, 5.41) is 7.13. The van der Waals surface area contributed by atoms with Gasteiger partial charge in [-0.3, -0.25) is 0 Å². The van der Waals surface area contributed by atoms with Gasteiger partial charge < -0.3 is 13.9 Å². The summed E-state index contributed by atoms with van der Waals surface area (Å²) in [6.45, 7) is 0. The molecule has 0 radical (unpaired) electrons. The summed E-state index contributed by atoms with van der Waals surface area (Å²) in [6, 6.07) is 91.9. The molecule has 13 aromatic rings. The lowest BCUT2D eigenvalue weighted by molar-refractivity contribution is 0.669. The lowest BCUT2D eigenvalue weighted by atomic mass is 9.95. The van der Waals surface area contributed by atoms with E-state index < -0.39 is 0 Å². The van der Waals surface area contributed by atoms with Gasteiger partial charge in [-0.2, -0.15) is 0 Å². The van der Waals surface area contributed by atoms with Crippen LogP contribution in [0.4, 0.5) is 17.1 Å². The van der Waals surface area contributed by atoms with Crippen LogP contribution in [0, 0.1) is 0 Å². The maximum Gasteiger partial charge on any atom is 0.136 e. The zero-order valence-electron chi connectivity index (χ0n) is 36.6. The van der Waals surface area contributed by atoms with Crippen LogP contribution in [0.2, 0.25) is 0 Å². The first-order valence-corrected chi connectivity index (χ1v) is 22.9. The lowest BCUT2D eigenvalue weighted by Gasteiger charge is -2.28. The molecule has 0 spiro atoms. The predicted molar refractivity (Wildman–Crippen MR) is 282 cm³/mol. The molecule has 2 heterocycles. The van der Waals surface area contributed by atoms with Crippen molar-refractivity contribution in [3.63, 3.8) is 0 Å². The van der Waals surface area contributed by atoms with Crippen LogP contribution in [-0.2, 0) is 0 Å². The Hall–Kier alpha value is -8.92. The molecule has 13 rings (SSSR count). The maximum atomic E-state index is 6.36. The number of nitrogens with zero attached hydrogens (tertiary/aromatic N) is 2. The lowest BCUT2D eigenvalue weighted by Crippen LogP contribution is -2.10. The van der Waals surface area contributed by atoms with Gasteiger partial charge >= 0.3 is 0 Å². The highest BCUT2D eigenvalue weighted by Gasteiger charge is 2.19. The molecule has 2 aromatic heterocycles. The van der Waals surface area contributed by atoms with Crippen molar-refractivity contribution in [3.8, 4) is 50.2 Å². The molecule has 11 aromatic carbocycles. The fraction of sp³-hybridized carbons (Fsp3) is 0. The van der Waals surface area contributed by atoms with Crippen LogP contribution in [0.1, 0.15) is 0 Å². The van der Waals surface area contributed by atoms with Gasteiger partial charge in [0.25, 0.3) is 0 Å². The number of furan rings is 1. The molecule has 0 N–H and O–H groups in total. The molecule has 3 heteroatoms. The van der Waals surface area contributed by atoms with Crippen molar-refractivity contribution in [2.24, 2.45) is 0 Å². The van der Waals surface area contributed by atoms with E-state index in [4.69, 9.17) is 4.42 Å². The molecule has 0 atom stereocenters. The van der Waals surface area contributed by atoms with E-state index in [2.05, 4.69) is 252 Å². The Bertz CT molecular complexity index is 3880. The first-order chi connectivity index (χ1) is 33.2. The third-order valence-corrected chi connectivity index (χ3v) is 13.4. The number of benzene rings is 11. The van der Waals surface area contributed by atoms with Gasteiger partial charge in [-0.1, -0.05) is 182 Å². The molecule has 3 nitrogen and oxygen atoms in total. The monoisotopic (exact) mass is 854 g/mol. The van der Waals surface area contributed by atoms with Crippen LogP contribution in [-0.4, -0.2) is 4.57 Å². The summed E-state index contributed by atoms with van der Waals surface area (Å²) in [5.74, 6) is 0. The van der Waals surface area contributed by atoms with Crippen molar-refractivity contribution < 1.29 is 4.42 Å². The topological polar surface area (TPSA) is 21.3 Å². The third kappa shape index (κ3) is 6.67. The van der Waals surface area contributed by atoms with Crippen molar-refractivity contribution in [3.05, 3.63) is 255 Å². The molecule has 0 aliphatic rings. The summed E-state index contributed by atoms with van der Waals surface area (Å²) in [6.07, 6.45) is 0. The summed E-state index contributed by atoms with van der Waals surface area (Å²) in [4.78, 5) is 2.39. The number of fused-ring (bicyclic) bond motifs is 7. The molecule has 0 saturated heterocycles. The molecule has 0 aliphatic heterocycles. The maximum absolute atomic E-state index is 6.36. The summed E-state index contributed by atoms with van der Waals surface area (Å²) < 4.78 is 8.73. The zero-order chi connectivity index (χ0) is 44.3. The van der Waals surface area contributed by atoms with Crippen molar-refractivity contribution in [2.75, 3.05) is 4.90 Å². The van der Waals surface area contributed by atoms with Crippen LogP contribution in [0.25, 0.3) is 105 Å². The Kier molecular flexibility index (Phi) is 9.17. The fourth-order valence-electron chi connectivity index (χ4n) is 10.1. The van der Waals surface area contributed by atoms with Gasteiger partial charge in [0.05, 0.1) is 16.7 Å². The predicted octanol–water partition coefficient (Wildman–Crippen LogP) is 18.0. The van der Waals surface area contributed by atoms with Gasteiger partial charge in [0.2, 0.25) is 0 Å². The van der Waals surface area contributed by atoms with E-state index in [1.165, 1.54) is 55.0 Å². The second-order valence-corrected chi connectivity index (χ2v) is 17.3. The van der Waals surface area contributed by atoms with Crippen molar-refractivity contribution in [2.45, 2.75) is 0 Å². The molecular formula is C64H42N2O. The molecular weight excluding hydrogens is 813 g/mol. The quantitative estimate of drug-likeness (QED) is 0.152. The molecule has 0 saturated carbocycles. The van der Waals surface area contributed by atoms with E-state index >= 15 is 0 Å². The minimum Gasteiger partial charge on any atom is -0.456 e.